The molecular formula is C22H21NO4. The highest BCUT2D eigenvalue weighted by molar-refractivity contribution is 5.97. The molecule has 3 aliphatic rings. The van der Waals surface area contributed by atoms with Crippen molar-refractivity contribution >= 4 is 17.6 Å². The molecule has 5 heteroatoms. The molecule has 2 aromatic rings. The number of rotatable bonds is 4. The molecule has 5 rings (SSSR count). The van der Waals surface area contributed by atoms with Crippen LogP contribution in [0.4, 0.5) is 5.69 Å². The number of amides is 1. The number of benzene rings is 2. The minimum atomic E-state index is -0.260. The predicted molar refractivity (Wildman–Crippen MR) is 99.4 cm³/mol. The summed E-state index contributed by atoms with van der Waals surface area (Å²) in [4.78, 5) is 24.9. The maximum atomic E-state index is 12.8. The third-order valence-corrected chi connectivity index (χ3v) is 6.23. The van der Waals surface area contributed by atoms with Gasteiger partial charge in [-0.25, -0.2) is 0 Å². The summed E-state index contributed by atoms with van der Waals surface area (Å²) in [6.45, 7) is 2.00. The highest BCUT2D eigenvalue weighted by atomic mass is 16.6. The van der Waals surface area contributed by atoms with Crippen molar-refractivity contribution in [2.45, 2.75) is 25.9 Å². The second-order valence-corrected chi connectivity index (χ2v) is 7.80. The number of carbonyl (C=O) groups is 2. The lowest BCUT2D eigenvalue weighted by atomic mass is 9.79. The molecule has 0 aromatic heterocycles. The number of nitrogens with one attached hydrogen (secondary N) is 1. The molecule has 0 radical (unpaired) electrons. The maximum Gasteiger partial charge on any atom is 0.310 e. The Morgan fingerprint density at radius 1 is 1.11 bits per heavy atom. The number of anilines is 1. The lowest BCUT2D eigenvalue weighted by Crippen LogP contribution is -2.35. The number of ether oxygens (including phenoxy) is 2. The van der Waals surface area contributed by atoms with Crippen molar-refractivity contribution in [1.82, 2.24) is 0 Å². The Bertz CT molecular complexity index is 905. The quantitative estimate of drug-likeness (QED) is 0.836. The number of para-hydroxylation sites is 1. The van der Waals surface area contributed by atoms with Crippen LogP contribution in [-0.4, -0.2) is 18.0 Å². The smallest absolute Gasteiger partial charge is 0.310 e. The number of aryl methyl sites for hydroxylation is 1. The van der Waals surface area contributed by atoms with Crippen molar-refractivity contribution in [3.05, 3.63) is 54.1 Å². The van der Waals surface area contributed by atoms with Crippen molar-refractivity contribution in [1.29, 1.82) is 0 Å². The Morgan fingerprint density at radius 2 is 1.89 bits per heavy atom. The Hall–Kier alpha value is -2.82. The fraction of sp³-hybridized carbons (Fsp3) is 0.364. The van der Waals surface area contributed by atoms with Gasteiger partial charge in [0.05, 0.1) is 11.8 Å². The van der Waals surface area contributed by atoms with Gasteiger partial charge in [-0.1, -0.05) is 18.2 Å². The summed E-state index contributed by atoms with van der Waals surface area (Å²) in [5.74, 6) is 1.25. The zero-order valence-electron chi connectivity index (χ0n) is 15.1. The molecule has 1 amide bonds. The summed E-state index contributed by atoms with van der Waals surface area (Å²) < 4.78 is 11.3. The van der Waals surface area contributed by atoms with Crippen LogP contribution in [0.15, 0.2) is 48.5 Å². The molecule has 2 saturated carbocycles. The van der Waals surface area contributed by atoms with Gasteiger partial charge in [-0.05, 0) is 61.6 Å². The summed E-state index contributed by atoms with van der Waals surface area (Å²) in [5, 5.41) is 2.97. The van der Waals surface area contributed by atoms with Crippen LogP contribution in [0, 0.1) is 30.6 Å². The number of fused-ring (bicyclic) bond motifs is 1. The molecule has 1 saturated heterocycles. The summed E-state index contributed by atoms with van der Waals surface area (Å²) in [6, 6.07) is 15.2. The van der Waals surface area contributed by atoms with Crippen molar-refractivity contribution < 1.29 is 19.1 Å². The zero-order valence-corrected chi connectivity index (χ0v) is 15.1. The fourth-order valence-corrected chi connectivity index (χ4v) is 4.99. The highest BCUT2D eigenvalue weighted by Crippen LogP contribution is 2.57. The van der Waals surface area contributed by atoms with Gasteiger partial charge in [-0.2, -0.15) is 0 Å². The first-order chi connectivity index (χ1) is 13.1. The Kier molecular flexibility index (Phi) is 3.71. The van der Waals surface area contributed by atoms with Crippen LogP contribution >= 0.6 is 0 Å². The third-order valence-electron chi connectivity index (χ3n) is 6.23. The van der Waals surface area contributed by atoms with E-state index in [1.807, 2.05) is 55.5 Å². The Balaban J connectivity index is 1.27. The normalized spacial score (nSPS) is 30.3. The van der Waals surface area contributed by atoms with E-state index in [9.17, 15) is 9.59 Å². The SMILES string of the molecule is Cc1ccccc1Oc1ccc(NC(=O)[C@@H]2[C@@H]3C[C@@H]4[C@H]2C(=O)O[C@H]4C3)cc1. The Morgan fingerprint density at radius 3 is 2.67 bits per heavy atom. The summed E-state index contributed by atoms with van der Waals surface area (Å²) in [6.07, 6.45) is 1.81. The average molecular weight is 363 g/mol. The molecule has 2 aromatic carbocycles. The lowest BCUT2D eigenvalue weighted by Gasteiger charge is -2.23. The lowest BCUT2D eigenvalue weighted by molar-refractivity contribution is -0.145. The van der Waals surface area contributed by atoms with E-state index in [-0.39, 0.29) is 41.7 Å². The van der Waals surface area contributed by atoms with Crippen molar-refractivity contribution in [2.75, 3.05) is 5.32 Å². The maximum absolute atomic E-state index is 12.8. The van der Waals surface area contributed by atoms with Crippen molar-refractivity contribution in [2.24, 2.45) is 23.7 Å². The van der Waals surface area contributed by atoms with E-state index in [0.29, 0.717) is 11.4 Å². The van der Waals surface area contributed by atoms with E-state index in [4.69, 9.17) is 9.47 Å². The molecule has 138 valence electrons. The number of hydrogen-bond acceptors (Lipinski definition) is 4. The zero-order chi connectivity index (χ0) is 18.5. The second-order valence-electron chi connectivity index (χ2n) is 7.80. The molecule has 3 fully saturated rings. The van der Waals surface area contributed by atoms with Gasteiger partial charge >= 0.3 is 5.97 Å². The molecule has 5 atom stereocenters. The minimum absolute atomic E-state index is 0.0504. The molecule has 0 unspecified atom stereocenters. The van der Waals surface area contributed by atoms with Crippen molar-refractivity contribution in [3.8, 4) is 11.5 Å². The van der Waals surface area contributed by atoms with Crippen LogP contribution in [0.1, 0.15) is 18.4 Å². The van der Waals surface area contributed by atoms with Gasteiger partial charge in [0, 0.05) is 11.6 Å². The van der Waals surface area contributed by atoms with E-state index >= 15 is 0 Å². The van der Waals surface area contributed by atoms with Crippen LogP contribution in [0.5, 0.6) is 11.5 Å². The first kappa shape index (κ1) is 16.4. The van der Waals surface area contributed by atoms with Gasteiger partial charge in [0.15, 0.2) is 0 Å². The van der Waals surface area contributed by atoms with E-state index in [2.05, 4.69) is 5.32 Å². The fourth-order valence-electron chi connectivity index (χ4n) is 4.99. The van der Waals surface area contributed by atoms with Crippen LogP contribution < -0.4 is 10.1 Å². The largest absolute Gasteiger partial charge is 0.462 e. The van der Waals surface area contributed by atoms with Gasteiger partial charge in [0.25, 0.3) is 0 Å². The summed E-state index contributed by atoms with van der Waals surface area (Å²) >= 11 is 0. The molecule has 5 nitrogen and oxygen atoms in total. The molecule has 0 spiro atoms. The van der Waals surface area contributed by atoms with E-state index < -0.39 is 0 Å². The topological polar surface area (TPSA) is 64.6 Å². The average Bonchev–Trinajstić information content (AvgIpc) is 3.27. The third kappa shape index (κ3) is 2.69. The van der Waals surface area contributed by atoms with Gasteiger partial charge in [-0.15, -0.1) is 0 Å². The van der Waals surface area contributed by atoms with E-state index in [1.165, 1.54) is 0 Å². The molecule has 2 aliphatic carbocycles. The highest BCUT2D eigenvalue weighted by Gasteiger charge is 2.63. The molecular weight excluding hydrogens is 342 g/mol. The van der Waals surface area contributed by atoms with Gasteiger partial charge in [-0.3, -0.25) is 9.59 Å². The van der Waals surface area contributed by atoms with E-state index in [0.717, 1.165) is 24.2 Å². The first-order valence-corrected chi connectivity index (χ1v) is 9.45. The Labute approximate surface area is 157 Å². The minimum Gasteiger partial charge on any atom is -0.462 e. The summed E-state index contributed by atoms with van der Waals surface area (Å²) in [5.41, 5.74) is 1.77. The van der Waals surface area contributed by atoms with Crippen LogP contribution in [0.2, 0.25) is 0 Å². The molecule has 1 heterocycles. The molecule has 1 aliphatic heterocycles. The van der Waals surface area contributed by atoms with Crippen molar-refractivity contribution in [3.63, 3.8) is 0 Å². The standard InChI is InChI=1S/C22H21NO4/c1-12-4-2-3-5-17(12)26-15-8-6-14(7-9-15)23-21(24)19-13-10-16-18(11-13)27-22(25)20(16)19/h2-9,13,16,18-20H,10-11H2,1H3,(H,23,24)/t13-,16+,18+,19-,20-/m1/s1. The number of carbonyl (C=O) groups excluding carboxylic acids is 2. The number of hydrogen-bond donors (Lipinski definition) is 1. The summed E-state index contributed by atoms with van der Waals surface area (Å²) in [7, 11) is 0. The first-order valence-electron chi connectivity index (χ1n) is 9.45. The molecule has 2 bridgehead atoms. The van der Waals surface area contributed by atoms with Gasteiger partial charge < -0.3 is 14.8 Å². The van der Waals surface area contributed by atoms with Crippen LogP contribution in [0.25, 0.3) is 0 Å². The van der Waals surface area contributed by atoms with Gasteiger partial charge in [0.2, 0.25) is 5.91 Å². The molecule has 27 heavy (non-hydrogen) atoms. The number of esters is 1. The molecule has 1 N–H and O–H groups in total. The monoisotopic (exact) mass is 363 g/mol. The van der Waals surface area contributed by atoms with Crippen LogP contribution in [0.3, 0.4) is 0 Å². The van der Waals surface area contributed by atoms with Crippen LogP contribution in [-0.2, 0) is 14.3 Å². The predicted octanol–water partition coefficient (Wildman–Crippen LogP) is 3.92. The van der Waals surface area contributed by atoms with Gasteiger partial charge in [0.1, 0.15) is 17.6 Å². The second kappa shape index (κ2) is 6.12. The van der Waals surface area contributed by atoms with E-state index in [1.54, 1.807) is 0 Å².